The standard InChI is InChI=1S/C17H16N2S/c1-11-3-7-13(8-4-11)15-16(19-17(20)18-15)14-9-5-12(2)6-10-14/h3-10H,1-2H3,(H2,18,19,20). The SMILES string of the molecule is Cc1ccc(-c2nc(S)[nH]c2-c2ccc(C)cc2)cc1. The van der Waals surface area contributed by atoms with Crippen molar-refractivity contribution in [1.29, 1.82) is 0 Å². The van der Waals surface area contributed by atoms with Crippen molar-refractivity contribution >= 4 is 12.6 Å². The number of aromatic nitrogens is 2. The molecule has 1 aromatic heterocycles. The normalized spacial score (nSPS) is 10.8. The van der Waals surface area contributed by atoms with Gasteiger partial charge < -0.3 is 4.98 Å². The summed E-state index contributed by atoms with van der Waals surface area (Å²) < 4.78 is 0. The molecule has 0 aliphatic rings. The van der Waals surface area contributed by atoms with Gasteiger partial charge in [0.2, 0.25) is 0 Å². The van der Waals surface area contributed by atoms with E-state index in [-0.39, 0.29) is 0 Å². The Labute approximate surface area is 124 Å². The second kappa shape index (κ2) is 5.17. The molecule has 0 atom stereocenters. The highest BCUT2D eigenvalue weighted by Gasteiger charge is 2.12. The van der Waals surface area contributed by atoms with Gasteiger partial charge in [-0.15, -0.1) is 12.6 Å². The minimum Gasteiger partial charge on any atom is -0.333 e. The third kappa shape index (κ3) is 2.49. The molecule has 3 heteroatoms. The summed E-state index contributed by atoms with van der Waals surface area (Å²) in [7, 11) is 0. The van der Waals surface area contributed by atoms with E-state index >= 15 is 0 Å². The van der Waals surface area contributed by atoms with Gasteiger partial charge in [0, 0.05) is 11.1 Å². The number of thiol groups is 1. The van der Waals surface area contributed by atoms with E-state index in [1.54, 1.807) is 0 Å². The van der Waals surface area contributed by atoms with Crippen LogP contribution in [-0.2, 0) is 0 Å². The summed E-state index contributed by atoms with van der Waals surface area (Å²) in [5.74, 6) is 0. The van der Waals surface area contributed by atoms with Crippen LogP contribution in [0.1, 0.15) is 11.1 Å². The van der Waals surface area contributed by atoms with E-state index in [2.05, 4.69) is 85.0 Å². The van der Waals surface area contributed by atoms with Crippen LogP contribution in [-0.4, -0.2) is 9.97 Å². The van der Waals surface area contributed by atoms with Gasteiger partial charge in [-0.3, -0.25) is 0 Å². The number of benzene rings is 2. The number of aromatic amines is 1. The molecule has 0 fully saturated rings. The molecule has 0 aliphatic carbocycles. The zero-order chi connectivity index (χ0) is 14.1. The van der Waals surface area contributed by atoms with Crippen molar-refractivity contribution in [2.24, 2.45) is 0 Å². The van der Waals surface area contributed by atoms with Gasteiger partial charge in [0.15, 0.2) is 5.16 Å². The Morgan fingerprint density at radius 3 is 1.85 bits per heavy atom. The number of aryl methyl sites for hydroxylation is 2. The molecule has 3 rings (SSSR count). The van der Waals surface area contributed by atoms with E-state index in [9.17, 15) is 0 Å². The quantitative estimate of drug-likeness (QED) is 0.657. The van der Waals surface area contributed by atoms with Crippen LogP contribution < -0.4 is 0 Å². The van der Waals surface area contributed by atoms with Gasteiger partial charge in [-0.2, -0.15) is 0 Å². The smallest absolute Gasteiger partial charge is 0.163 e. The van der Waals surface area contributed by atoms with Crippen LogP contribution >= 0.6 is 12.6 Å². The van der Waals surface area contributed by atoms with E-state index in [0.29, 0.717) is 5.16 Å². The number of nitrogens with one attached hydrogen (secondary N) is 1. The Balaban J connectivity index is 2.12. The molecule has 0 spiro atoms. The number of hydrogen-bond acceptors (Lipinski definition) is 2. The van der Waals surface area contributed by atoms with Crippen LogP contribution in [0.3, 0.4) is 0 Å². The van der Waals surface area contributed by atoms with Gasteiger partial charge in [-0.1, -0.05) is 59.7 Å². The average molecular weight is 280 g/mol. The van der Waals surface area contributed by atoms with Gasteiger partial charge >= 0.3 is 0 Å². The van der Waals surface area contributed by atoms with Crippen molar-refractivity contribution in [3.63, 3.8) is 0 Å². The Morgan fingerprint density at radius 2 is 1.30 bits per heavy atom. The molecule has 1 N–H and O–H groups in total. The Morgan fingerprint density at radius 1 is 0.800 bits per heavy atom. The topological polar surface area (TPSA) is 28.7 Å². The van der Waals surface area contributed by atoms with E-state index in [4.69, 9.17) is 0 Å². The largest absolute Gasteiger partial charge is 0.333 e. The lowest BCUT2D eigenvalue weighted by Gasteiger charge is -2.04. The molecule has 0 aliphatic heterocycles. The monoisotopic (exact) mass is 280 g/mol. The Hall–Kier alpha value is -2.00. The number of imidazole rings is 1. The fourth-order valence-corrected chi connectivity index (χ4v) is 2.42. The first-order valence-corrected chi connectivity index (χ1v) is 7.01. The molecule has 0 unspecified atom stereocenters. The molecule has 20 heavy (non-hydrogen) atoms. The van der Waals surface area contributed by atoms with E-state index in [1.807, 2.05) is 0 Å². The molecule has 3 aromatic rings. The first kappa shape index (κ1) is 13.0. The minimum absolute atomic E-state index is 0.635. The number of hydrogen-bond donors (Lipinski definition) is 2. The van der Waals surface area contributed by atoms with Gasteiger partial charge in [-0.05, 0) is 13.8 Å². The van der Waals surface area contributed by atoms with E-state index < -0.39 is 0 Å². The first-order valence-electron chi connectivity index (χ1n) is 6.56. The Bertz CT molecular complexity index is 662. The highest BCUT2D eigenvalue weighted by molar-refractivity contribution is 7.80. The lowest BCUT2D eigenvalue weighted by Crippen LogP contribution is -1.84. The van der Waals surface area contributed by atoms with Gasteiger partial charge in [0.05, 0.1) is 11.4 Å². The van der Waals surface area contributed by atoms with E-state index in [1.165, 1.54) is 11.1 Å². The third-order valence-electron chi connectivity index (χ3n) is 3.36. The van der Waals surface area contributed by atoms with Gasteiger partial charge in [0.1, 0.15) is 0 Å². The summed E-state index contributed by atoms with van der Waals surface area (Å²) in [6.07, 6.45) is 0. The molecular formula is C17H16N2S. The number of nitrogens with zero attached hydrogens (tertiary/aromatic N) is 1. The predicted molar refractivity (Wildman–Crippen MR) is 86.2 cm³/mol. The molecular weight excluding hydrogens is 264 g/mol. The zero-order valence-electron chi connectivity index (χ0n) is 11.5. The van der Waals surface area contributed by atoms with Crippen molar-refractivity contribution in [3.05, 3.63) is 59.7 Å². The molecule has 2 aromatic carbocycles. The summed E-state index contributed by atoms with van der Waals surface area (Å²) >= 11 is 4.35. The summed E-state index contributed by atoms with van der Waals surface area (Å²) in [5.41, 5.74) is 6.67. The fraction of sp³-hybridized carbons (Fsp3) is 0.118. The molecule has 0 saturated carbocycles. The lowest BCUT2D eigenvalue weighted by molar-refractivity contribution is 1.07. The van der Waals surface area contributed by atoms with Crippen LogP contribution in [0.2, 0.25) is 0 Å². The first-order chi connectivity index (χ1) is 9.63. The zero-order valence-corrected chi connectivity index (χ0v) is 12.4. The summed E-state index contributed by atoms with van der Waals surface area (Å²) in [6.45, 7) is 4.17. The molecule has 0 bridgehead atoms. The molecule has 0 amide bonds. The number of H-pyrrole nitrogens is 1. The van der Waals surface area contributed by atoms with Crippen LogP contribution in [0.4, 0.5) is 0 Å². The third-order valence-corrected chi connectivity index (χ3v) is 3.57. The van der Waals surface area contributed by atoms with Crippen LogP contribution in [0.25, 0.3) is 22.5 Å². The van der Waals surface area contributed by atoms with Crippen LogP contribution in [0, 0.1) is 13.8 Å². The fourth-order valence-electron chi connectivity index (χ4n) is 2.21. The minimum atomic E-state index is 0.635. The second-order valence-electron chi connectivity index (χ2n) is 5.02. The van der Waals surface area contributed by atoms with Crippen molar-refractivity contribution in [2.45, 2.75) is 19.0 Å². The average Bonchev–Trinajstić information content (AvgIpc) is 2.82. The highest BCUT2D eigenvalue weighted by atomic mass is 32.1. The van der Waals surface area contributed by atoms with Crippen molar-refractivity contribution in [3.8, 4) is 22.5 Å². The maximum Gasteiger partial charge on any atom is 0.163 e. The molecule has 2 nitrogen and oxygen atoms in total. The lowest BCUT2D eigenvalue weighted by atomic mass is 10.0. The predicted octanol–water partition coefficient (Wildman–Crippen LogP) is 4.65. The maximum atomic E-state index is 4.52. The van der Waals surface area contributed by atoms with Crippen LogP contribution in [0.15, 0.2) is 53.7 Å². The summed E-state index contributed by atoms with van der Waals surface area (Å²) in [6, 6.07) is 16.8. The summed E-state index contributed by atoms with van der Waals surface area (Å²) in [5, 5.41) is 0.635. The van der Waals surface area contributed by atoms with Crippen molar-refractivity contribution in [2.75, 3.05) is 0 Å². The number of rotatable bonds is 2. The van der Waals surface area contributed by atoms with Crippen LogP contribution in [0.5, 0.6) is 0 Å². The molecule has 100 valence electrons. The van der Waals surface area contributed by atoms with Gasteiger partial charge in [0.25, 0.3) is 0 Å². The molecule has 0 radical (unpaired) electrons. The van der Waals surface area contributed by atoms with Crippen molar-refractivity contribution < 1.29 is 0 Å². The Kier molecular flexibility index (Phi) is 3.36. The van der Waals surface area contributed by atoms with Gasteiger partial charge in [-0.25, -0.2) is 4.98 Å². The maximum absolute atomic E-state index is 4.52. The summed E-state index contributed by atoms with van der Waals surface area (Å²) in [4.78, 5) is 7.76. The molecule has 0 saturated heterocycles. The highest BCUT2D eigenvalue weighted by Crippen LogP contribution is 2.31. The second-order valence-corrected chi connectivity index (χ2v) is 5.44. The van der Waals surface area contributed by atoms with Crippen molar-refractivity contribution in [1.82, 2.24) is 9.97 Å². The van der Waals surface area contributed by atoms with E-state index in [0.717, 1.165) is 22.5 Å². The molecule has 1 heterocycles.